The van der Waals surface area contributed by atoms with E-state index in [1.54, 1.807) is 6.92 Å². The fourth-order valence-corrected chi connectivity index (χ4v) is 2.05. The molecule has 1 aromatic rings. The third-order valence-corrected chi connectivity index (χ3v) is 3.00. The molecule has 0 heterocycles. The van der Waals surface area contributed by atoms with Crippen LogP contribution in [0.1, 0.15) is 23.6 Å². The van der Waals surface area contributed by atoms with Gasteiger partial charge in [-0.25, -0.2) is 0 Å². The fraction of sp³-hybridized carbons (Fsp3) is 0.364. The number of carbonyl (C=O) groups is 1. The number of aliphatic hydroxyl groups excluding tert-OH is 1. The first-order chi connectivity index (χ1) is 6.54. The molecule has 0 radical (unpaired) electrons. The molecule has 0 saturated heterocycles. The van der Waals surface area contributed by atoms with Crippen LogP contribution in [0, 0.1) is 13.8 Å². The van der Waals surface area contributed by atoms with Crippen LogP contribution >= 0.6 is 11.8 Å². The number of aliphatic hydroxyl groups is 1. The molecule has 0 saturated carbocycles. The molecule has 3 heteroatoms. The summed E-state index contributed by atoms with van der Waals surface area (Å²) in [6.45, 7) is 5.50. The van der Waals surface area contributed by atoms with Crippen LogP contribution in [0.15, 0.2) is 17.0 Å². The zero-order valence-electron chi connectivity index (χ0n) is 8.63. The molecular weight excluding hydrogens is 196 g/mol. The van der Waals surface area contributed by atoms with Crippen LogP contribution in [0.2, 0.25) is 0 Å². The Kier molecular flexibility index (Phi) is 3.72. The number of aryl methyl sites for hydroxylation is 2. The maximum absolute atomic E-state index is 10.9. The largest absolute Gasteiger partial charge is 0.392 e. The van der Waals surface area contributed by atoms with Crippen molar-refractivity contribution in [3.05, 3.63) is 28.8 Å². The summed E-state index contributed by atoms with van der Waals surface area (Å²) in [6.07, 6.45) is 0. The van der Waals surface area contributed by atoms with Gasteiger partial charge in [-0.2, -0.15) is 0 Å². The molecule has 1 rings (SSSR count). The molecule has 1 aromatic carbocycles. The van der Waals surface area contributed by atoms with Crippen molar-refractivity contribution in [1.29, 1.82) is 0 Å². The molecule has 0 amide bonds. The lowest BCUT2D eigenvalue weighted by Gasteiger charge is -2.08. The van der Waals surface area contributed by atoms with E-state index in [4.69, 9.17) is 5.11 Å². The van der Waals surface area contributed by atoms with Crippen molar-refractivity contribution in [1.82, 2.24) is 0 Å². The first-order valence-electron chi connectivity index (χ1n) is 4.44. The van der Waals surface area contributed by atoms with E-state index in [0.717, 1.165) is 21.6 Å². The van der Waals surface area contributed by atoms with Crippen LogP contribution in [0.3, 0.4) is 0 Å². The number of hydrogen-bond donors (Lipinski definition) is 1. The third kappa shape index (κ3) is 2.59. The van der Waals surface area contributed by atoms with Gasteiger partial charge in [-0.3, -0.25) is 4.79 Å². The minimum Gasteiger partial charge on any atom is -0.392 e. The van der Waals surface area contributed by atoms with Crippen molar-refractivity contribution in [2.24, 2.45) is 0 Å². The Hall–Kier alpha value is -0.800. The Balaban J connectivity index is 3.08. The van der Waals surface area contributed by atoms with E-state index in [1.807, 2.05) is 26.0 Å². The minimum absolute atomic E-state index is 0.0533. The summed E-state index contributed by atoms with van der Waals surface area (Å²) in [4.78, 5) is 11.9. The monoisotopic (exact) mass is 210 g/mol. The number of hydrogen-bond acceptors (Lipinski definition) is 3. The molecule has 0 spiro atoms. The van der Waals surface area contributed by atoms with Crippen molar-refractivity contribution < 1.29 is 9.90 Å². The minimum atomic E-state index is 0.0533. The predicted molar refractivity (Wildman–Crippen MR) is 58.4 cm³/mol. The van der Waals surface area contributed by atoms with Crippen molar-refractivity contribution in [3.8, 4) is 0 Å². The topological polar surface area (TPSA) is 37.3 Å². The van der Waals surface area contributed by atoms with E-state index in [-0.39, 0.29) is 11.7 Å². The average Bonchev–Trinajstić information content (AvgIpc) is 2.10. The van der Waals surface area contributed by atoms with Crippen molar-refractivity contribution >= 4 is 16.9 Å². The second kappa shape index (κ2) is 4.62. The van der Waals surface area contributed by atoms with Gasteiger partial charge in [0.05, 0.1) is 6.61 Å². The number of carbonyl (C=O) groups excluding carboxylic acids is 1. The zero-order valence-corrected chi connectivity index (χ0v) is 9.44. The van der Waals surface area contributed by atoms with Gasteiger partial charge in [0.1, 0.15) is 0 Å². The summed E-state index contributed by atoms with van der Waals surface area (Å²) in [6, 6.07) is 3.88. The molecule has 0 aromatic heterocycles. The summed E-state index contributed by atoms with van der Waals surface area (Å²) in [5, 5.41) is 9.13. The molecule has 0 aliphatic rings. The molecule has 0 fully saturated rings. The van der Waals surface area contributed by atoms with Crippen LogP contribution in [0.5, 0.6) is 0 Å². The highest BCUT2D eigenvalue weighted by atomic mass is 32.2. The standard InChI is InChI=1S/C11H14O2S/c1-7-5-11(14-9(3)13)8(2)4-10(7)6-12/h4-5,12H,6H2,1-3H3. The smallest absolute Gasteiger partial charge is 0.190 e. The van der Waals surface area contributed by atoms with Crippen LogP contribution in [-0.2, 0) is 11.4 Å². The molecule has 0 aliphatic carbocycles. The maximum Gasteiger partial charge on any atom is 0.190 e. The number of benzene rings is 1. The van der Waals surface area contributed by atoms with E-state index < -0.39 is 0 Å². The highest BCUT2D eigenvalue weighted by Crippen LogP contribution is 2.26. The molecular formula is C11H14O2S. The van der Waals surface area contributed by atoms with Gasteiger partial charge < -0.3 is 5.11 Å². The highest BCUT2D eigenvalue weighted by Gasteiger charge is 2.06. The van der Waals surface area contributed by atoms with Crippen molar-refractivity contribution in [2.75, 3.05) is 0 Å². The predicted octanol–water partition coefficient (Wildman–Crippen LogP) is 2.43. The summed E-state index contributed by atoms with van der Waals surface area (Å²) in [7, 11) is 0. The molecule has 0 atom stereocenters. The van der Waals surface area contributed by atoms with Gasteiger partial charge in [0.25, 0.3) is 0 Å². The lowest BCUT2D eigenvalue weighted by atomic mass is 10.1. The second-order valence-corrected chi connectivity index (χ2v) is 4.51. The van der Waals surface area contributed by atoms with Gasteiger partial charge in [-0.05, 0) is 36.6 Å². The quantitative estimate of drug-likeness (QED) is 0.762. The Morgan fingerprint density at radius 2 is 2.00 bits per heavy atom. The Morgan fingerprint density at radius 1 is 1.36 bits per heavy atom. The normalized spacial score (nSPS) is 10.3. The van der Waals surface area contributed by atoms with Gasteiger partial charge in [0.15, 0.2) is 5.12 Å². The Bertz CT molecular complexity index is 359. The first kappa shape index (κ1) is 11.3. The summed E-state index contributed by atoms with van der Waals surface area (Å²) >= 11 is 1.24. The molecule has 2 nitrogen and oxygen atoms in total. The molecule has 1 N–H and O–H groups in total. The third-order valence-electron chi connectivity index (χ3n) is 2.06. The summed E-state index contributed by atoms with van der Waals surface area (Å²) in [5.41, 5.74) is 3.00. The zero-order chi connectivity index (χ0) is 10.7. The van der Waals surface area contributed by atoms with Crippen LogP contribution in [-0.4, -0.2) is 10.2 Å². The van der Waals surface area contributed by atoms with Crippen LogP contribution in [0.25, 0.3) is 0 Å². The highest BCUT2D eigenvalue weighted by molar-refractivity contribution is 8.13. The van der Waals surface area contributed by atoms with E-state index in [9.17, 15) is 4.79 Å². The van der Waals surface area contributed by atoms with Gasteiger partial charge in [0, 0.05) is 11.8 Å². The Labute approximate surface area is 88.3 Å². The van der Waals surface area contributed by atoms with Crippen LogP contribution in [0.4, 0.5) is 0 Å². The van der Waals surface area contributed by atoms with Gasteiger partial charge >= 0.3 is 0 Å². The first-order valence-corrected chi connectivity index (χ1v) is 5.25. The summed E-state index contributed by atoms with van der Waals surface area (Å²) in [5.74, 6) is 0. The van der Waals surface area contributed by atoms with Gasteiger partial charge in [-0.15, -0.1) is 0 Å². The lowest BCUT2D eigenvalue weighted by Crippen LogP contribution is -1.93. The molecule has 76 valence electrons. The molecule has 14 heavy (non-hydrogen) atoms. The molecule has 0 bridgehead atoms. The number of rotatable bonds is 2. The van der Waals surface area contributed by atoms with Gasteiger partial charge in [0.2, 0.25) is 0 Å². The van der Waals surface area contributed by atoms with E-state index >= 15 is 0 Å². The fourth-order valence-electron chi connectivity index (χ4n) is 1.28. The average molecular weight is 210 g/mol. The van der Waals surface area contributed by atoms with Gasteiger partial charge in [-0.1, -0.05) is 17.8 Å². The van der Waals surface area contributed by atoms with Crippen LogP contribution < -0.4 is 0 Å². The molecule has 0 aliphatic heterocycles. The van der Waals surface area contributed by atoms with E-state index in [1.165, 1.54) is 11.8 Å². The Morgan fingerprint density at radius 3 is 2.50 bits per heavy atom. The molecule has 0 unspecified atom stereocenters. The summed E-state index contributed by atoms with van der Waals surface area (Å²) < 4.78 is 0. The van der Waals surface area contributed by atoms with E-state index in [2.05, 4.69) is 0 Å². The van der Waals surface area contributed by atoms with E-state index in [0.29, 0.717) is 0 Å². The van der Waals surface area contributed by atoms with Crippen molar-refractivity contribution in [2.45, 2.75) is 32.3 Å². The van der Waals surface area contributed by atoms with Crippen molar-refractivity contribution in [3.63, 3.8) is 0 Å². The SMILES string of the molecule is CC(=O)Sc1cc(C)c(CO)cc1C. The maximum atomic E-state index is 10.9. The second-order valence-electron chi connectivity index (χ2n) is 3.30. The lowest BCUT2D eigenvalue weighted by molar-refractivity contribution is -0.109. The number of thioether (sulfide) groups is 1.